The molecule has 3 rings (SSSR count). The fourth-order valence-electron chi connectivity index (χ4n) is 3.32. The van der Waals surface area contributed by atoms with E-state index in [4.69, 9.17) is 4.98 Å². The fraction of sp³-hybridized carbons (Fsp3) is 0.643. The van der Waals surface area contributed by atoms with Gasteiger partial charge < -0.3 is 10.2 Å². The summed E-state index contributed by atoms with van der Waals surface area (Å²) >= 11 is 0. The molecule has 0 aromatic carbocycles. The van der Waals surface area contributed by atoms with Crippen LogP contribution in [0.1, 0.15) is 30.5 Å². The van der Waals surface area contributed by atoms with Crippen LogP contribution < -0.4 is 10.2 Å². The number of hydrogen-bond acceptors (Lipinski definition) is 3. The molecule has 1 aromatic rings. The molecule has 17 heavy (non-hydrogen) atoms. The molecule has 1 aromatic heterocycles. The third-order valence-electron chi connectivity index (χ3n) is 4.25. The number of aryl methyl sites for hydroxylation is 1. The largest absolute Gasteiger partial charge is 0.353 e. The van der Waals surface area contributed by atoms with E-state index in [9.17, 15) is 0 Å². The van der Waals surface area contributed by atoms with Crippen LogP contribution >= 0.6 is 0 Å². The molecule has 0 amide bonds. The lowest BCUT2D eigenvalue weighted by molar-refractivity contribution is 0.550. The Morgan fingerprint density at radius 3 is 2.88 bits per heavy atom. The highest BCUT2D eigenvalue weighted by atomic mass is 15.2. The van der Waals surface area contributed by atoms with E-state index in [1.165, 1.54) is 42.9 Å². The van der Waals surface area contributed by atoms with E-state index in [-0.39, 0.29) is 0 Å². The van der Waals surface area contributed by atoms with Gasteiger partial charge in [0, 0.05) is 24.8 Å². The van der Waals surface area contributed by atoms with E-state index in [0.717, 1.165) is 18.5 Å². The summed E-state index contributed by atoms with van der Waals surface area (Å²) in [6.07, 6.45) is 4.18. The van der Waals surface area contributed by atoms with Crippen molar-refractivity contribution < 1.29 is 0 Å². The van der Waals surface area contributed by atoms with Gasteiger partial charge in [-0.25, -0.2) is 4.98 Å². The minimum absolute atomic E-state index is 0.766. The molecule has 0 spiro atoms. The second kappa shape index (κ2) is 4.30. The van der Waals surface area contributed by atoms with Crippen molar-refractivity contribution in [1.29, 1.82) is 0 Å². The number of nitrogens with zero attached hydrogens (tertiary/aromatic N) is 2. The van der Waals surface area contributed by atoms with Crippen molar-refractivity contribution in [2.24, 2.45) is 5.92 Å². The summed E-state index contributed by atoms with van der Waals surface area (Å²) in [4.78, 5) is 7.30. The van der Waals surface area contributed by atoms with Crippen molar-refractivity contribution >= 4 is 5.82 Å². The molecule has 1 aliphatic heterocycles. The Bertz CT molecular complexity index is 416. The minimum Gasteiger partial charge on any atom is -0.353 e. The lowest BCUT2D eigenvalue weighted by Crippen LogP contribution is -2.32. The van der Waals surface area contributed by atoms with Crippen molar-refractivity contribution in [2.75, 3.05) is 18.5 Å². The average molecular weight is 231 g/mol. The zero-order valence-electron chi connectivity index (χ0n) is 10.7. The molecular formula is C14H21N3. The van der Waals surface area contributed by atoms with Gasteiger partial charge in [0.1, 0.15) is 5.82 Å². The van der Waals surface area contributed by atoms with Crippen LogP contribution in [-0.4, -0.2) is 24.6 Å². The van der Waals surface area contributed by atoms with Gasteiger partial charge in [0.15, 0.2) is 0 Å². The highest BCUT2D eigenvalue weighted by Gasteiger charge is 2.38. The summed E-state index contributed by atoms with van der Waals surface area (Å²) < 4.78 is 0. The average Bonchev–Trinajstić information content (AvgIpc) is 2.94. The molecule has 1 saturated heterocycles. The highest BCUT2D eigenvalue weighted by Crippen LogP contribution is 2.39. The molecule has 2 atom stereocenters. The van der Waals surface area contributed by atoms with Crippen LogP contribution in [0.25, 0.3) is 0 Å². The van der Waals surface area contributed by atoms with Gasteiger partial charge in [-0.3, -0.25) is 0 Å². The van der Waals surface area contributed by atoms with Crippen LogP contribution in [0.5, 0.6) is 0 Å². The van der Waals surface area contributed by atoms with E-state index in [1.807, 2.05) is 7.05 Å². The normalized spacial score (nSPS) is 26.8. The van der Waals surface area contributed by atoms with Crippen LogP contribution in [0, 0.1) is 12.8 Å². The summed E-state index contributed by atoms with van der Waals surface area (Å²) in [7, 11) is 1.98. The summed E-state index contributed by atoms with van der Waals surface area (Å²) in [5.74, 6) is 2.12. The van der Waals surface area contributed by atoms with E-state index < -0.39 is 0 Å². The maximum atomic E-state index is 4.78. The SMILES string of the molecule is CNCc1ccc(N2CC3CCC2C3)nc1C. The van der Waals surface area contributed by atoms with E-state index in [1.54, 1.807) is 0 Å². The van der Waals surface area contributed by atoms with Gasteiger partial charge in [0.2, 0.25) is 0 Å². The zero-order chi connectivity index (χ0) is 11.8. The maximum absolute atomic E-state index is 4.78. The first-order valence-corrected chi connectivity index (χ1v) is 6.65. The van der Waals surface area contributed by atoms with E-state index >= 15 is 0 Å². The predicted octanol–water partition coefficient (Wildman–Crippen LogP) is 2.10. The monoisotopic (exact) mass is 231 g/mol. The number of rotatable bonds is 3. The Morgan fingerprint density at radius 2 is 2.29 bits per heavy atom. The standard InChI is InChI=1S/C14H21N3/c1-10-12(8-15-2)4-6-14(16-10)17-9-11-3-5-13(17)7-11/h4,6,11,13,15H,3,5,7-9H2,1-2H3. The van der Waals surface area contributed by atoms with Gasteiger partial charge in [-0.15, -0.1) is 0 Å². The number of pyridine rings is 1. The number of nitrogens with one attached hydrogen (secondary N) is 1. The molecule has 2 aliphatic rings. The number of fused-ring (bicyclic) bond motifs is 2. The smallest absolute Gasteiger partial charge is 0.129 e. The molecule has 2 fully saturated rings. The molecule has 92 valence electrons. The van der Waals surface area contributed by atoms with Gasteiger partial charge in [-0.1, -0.05) is 6.07 Å². The lowest BCUT2D eigenvalue weighted by Gasteiger charge is -2.28. The third kappa shape index (κ3) is 1.93. The molecule has 3 heteroatoms. The molecule has 2 unspecified atom stereocenters. The molecule has 1 aliphatic carbocycles. The maximum Gasteiger partial charge on any atom is 0.129 e. The quantitative estimate of drug-likeness (QED) is 0.863. The van der Waals surface area contributed by atoms with Gasteiger partial charge in [0.25, 0.3) is 0 Å². The number of anilines is 1. The first-order valence-electron chi connectivity index (χ1n) is 6.65. The Morgan fingerprint density at radius 1 is 1.41 bits per heavy atom. The molecule has 1 saturated carbocycles. The molecule has 0 radical (unpaired) electrons. The van der Waals surface area contributed by atoms with Crippen LogP contribution in [0.15, 0.2) is 12.1 Å². The van der Waals surface area contributed by atoms with Crippen LogP contribution in [0.3, 0.4) is 0 Å². The highest BCUT2D eigenvalue weighted by molar-refractivity contribution is 5.45. The second-order valence-corrected chi connectivity index (χ2v) is 5.43. The van der Waals surface area contributed by atoms with Crippen LogP contribution in [-0.2, 0) is 6.54 Å². The first-order chi connectivity index (χ1) is 8.28. The van der Waals surface area contributed by atoms with Gasteiger partial charge in [-0.2, -0.15) is 0 Å². The topological polar surface area (TPSA) is 28.2 Å². The van der Waals surface area contributed by atoms with Crippen molar-refractivity contribution in [2.45, 2.75) is 38.8 Å². The third-order valence-corrected chi connectivity index (χ3v) is 4.25. The minimum atomic E-state index is 0.766. The van der Waals surface area contributed by atoms with Gasteiger partial charge in [-0.05, 0) is 50.8 Å². The Kier molecular flexibility index (Phi) is 2.79. The lowest BCUT2D eigenvalue weighted by atomic mass is 10.1. The second-order valence-electron chi connectivity index (χ2n) is 5.43. The summed E-state index contributed by atoms with van der Waals surface area (Å²) in [6, 6.07) is 5.18. The summed E-state index contributed by atoms with van der Waals surface area (Å²) in [6.45, 7) is 4.25. The van der Waals surface area contributed by atoms with Gasteiger partial charge >= 0.3 is 0 Å². The van der Waals surface area contributed by atoms with E-state index in [0.29, 0.717) is 0 Å². The number of hydrogen-bond donors (Lipinski definition) is 1. The summed E-state index contributed by atoms with van der Waals surface area (Å²) in [5, 5.41) is 3.19. The zero-order valence-corrected chi connectivity index (χ0v) is 10.7. The fourth-order valence-corrected chi connectivity index (χ4v) is 3.32. The Labute approximate surface area is 103 Å². The molecule has 2 heterocycles. The van der Waals surface area contributed by atoms with Crippen molar-refractivity contribution in [3.8, 4) is 0 Å². The van der Waals surface area contributed by atoms with Crippen LogP contribution in [0.2, 0.25) is 0 Å². The number of piperidine rings is 1. The Balaban J connectivity index is 1.82. The van der Waals surface area contributed by atoms with Crippen molar-refractivity contribution in [3.63, 3.8) is 0 Å². The van der Waals surface area contributed by atoms with Crippen molar-refractivity contribution in [3.05, 3.63) is 23.4 Å². The van der Waals surface area contributed by atoms with Crippen LogP contribution in [0.4, 0.5) is 5.82 Å². The van der Waals surface area contributed by atoms with E-state index in [2.05, 4.69) is 29.3 Å². The van der Waals surface area contributed by atoms with Crippen molar-refractivity contribution in [1.82, 2.24) is 10.3 Å². The summed E-state index contributed by atoms with van der Waals surface area (Å²) in [5.41, 5.74) is 2.47. The molecule has 2 bridgehead atoms. The first kappa shape index (κ1) is 11.0. The molecular weight excluding hydrogens is 210 g/mol. The predicted molar refractivity (Wildman–Crippen MR) is 70.2 cm³/mol. The Hall–Kier alpha value is -1.09. The molecule has 1 N–H and O–H groups in total. The molecule has 3 nitrogen and oxygen atoms in total. The van der Waals surface area contributed by atoms with Gasteiger partial charge in [0.05, 0.1) is 0 Å². The number of aromatic nitrogens is 1.